The number of amides is 1. The van der Waals surface area contributed by atoms with E-state index in [1.54, 1.807) is 6.20 Å². The summed E-state index contributed by atoms with van der Waals surface area (Å²) in [6, 6.07) is 18.2. The van der Waals surface area contributed by atoms with E-state index in [0.29, 0.717) is 5.57 Å². The first-order valence-corrected chi connectivity index (χ1v) is 10.1. The van der Waals surface area contributed by atoms with Crippen LogP contribution in [0, 0.1) is 13.8 Å². The first kappa shape index (κ1) is 19.7. The van der Waals surface area contributed by atoms with Crippen LogP contribution in [0.5, 0.6) is 0 Å². The van der Waals surface area contributed by atoms with Gasteiger partial charge in [0.05, 0.1) is 5.57 Å². The van der Waals surface area contributed by atoms with Crippen molar-refractivity contribution in [1.29, 1.82) is 0 Å². The maximum Gasteiger partial charge on any atom is 0.257 e. The Kier molecular flexibility index (Phi) is 5.53. The molecule has 0 spiro atoms. The molecule has 2 N–H and O–H groups in total. The quantitative estimate of drug-likeness (QED) is 0.587. The zero-order valence-electron chi connectivity index (χ0n) is 17.6. The number of aromatic nitrogens is 1. The lowest BCUT2D eigenvalue weighted by atomic mass is 10.0. The minimum atomic E-state index is -0.0746. The van der Waals surface area contributed by atoms with E-state index in [9.17, 15) is 4.79 Å². The Labute approximate surface area is 177 Å². The van der Waals surface area contributed by atoms with E-state index in [1.165, 1.54) is 11.3 Å². The normalized spacial score (nSPS) is 13.8. The van der Waals surface area contributed by atoms with Crippen LogP contribution in [-0.2, 0) is 11.2 Å². The van der Waals surface area contributed by atoms with Crippen LogP contribution >= 0.6 is 0 Å². The van der Waals surface area contributed by atoms with Crippen molar-refractivity contribution in [3.63, 3.8) is 0 Å². The summed E-state index contributed by atoms with van der Waals surface area (Å²) in [5.74, 6) is -0.0746. The predicted molar refractivity (Wildman–Crippen MR) is 124 cm³/mol. The fraction of sp³-hybridized carbons (Fsp3) is 0.200. The van der Waals surface area contributed by atoms with Crippen molar-refractivity contribution < 1.29 is 4.79 Å². The molecular formula is C25H26N4O. The smallest absolute Gasteiger partial charge is 0.257 e. The number of nitrogens with one attached hydrogen (secondary N) is 2. The van der Waals surface area contributed by atoms with Gasteiger partial charge in [0.2, 0.25) is 0 Å². The lowest BCUT2D eigenvalue weighted by Crippen LogP contribution is -2.21. The Morgan fingerprint density at radius 3 is 2.70 bits per heavy atom. The van der Waals surface area contributed by atoms with Crippen LogP contribution in [0.15, 0.2) is 67.0 Å². The average molecular weight is 399 g/mol. The Hall–Kier alpha value is -3.60. The molecule has 0 saturated carbocycles. The average Bonchev–Trinajstić information content (AvgIpc) is 3.07. The van der Waals surface area contributed by atoms with Gasteiger partial charge in [-0.2, -0.15) is 0 Å². The highest BCUT2D eigenvalue weighted by Crippen LogP contribution is 2.34. The van der Waals surface area contributed by atoms with Crippen molar-refractivity contribution in [3.05, 3.63) is 89.4 Å². The van der Waals surface area contributed by atoms with Gasteiger partial charge >= 0.3 is 0 Å². The van der Waals surface area contributed by atoms with Gasteiger partial charge in [-0.15, -0.1) is 0 Å². The molecule has 0 bridgehead atoms. The first-order valence-electron chi connectivity index (χ1n) is 10.1. The van der Waals surface area contributed by atoms with Gasteiger partial charge in [0.15, 0.2) is 0 Å². The zero-order chi connectivity index (χ0) is 21.1. The van der Waals surface area contributed by atoms with Gasteiger partial charge in [0, 0.05) is 60.7 Å². The fourth-order valence-electron chi connectivity index (χ4n) is 3.85. The number of carbonyl (C=O) groups excluding carboxylic acids is 1. The van der Waals surface area contributed by atoms with E-state index >= 15 is 0 Å². The molecule has 1 amide bonds. The lowest BCUT2D eigenvalue weighted by Gasteiger charge is -2.22. The Morgan fingerprint density at radius 1 is 1.07 bits per heavy atom. The third-order valence-electron chi connectivity index (χ3n) is 5.46. The molecule has 0 atom stereocenters. The molecule has 0 aliphatic carbocycles. The summed E-state index contributed by atoms with van der Waals surface area (Å²) in [6.45, 7) is 5.02. The van der Waals surface area contributed by atoms with Gasteiger partial charge in [-0.1, -0.05) is 18.2 Å². The second-order valence-corrected chi connectivity index (χ2v) is 7.65. The molecule has 1 aromatic heterocycles. The topological polar surface area (TPSA) is 57.3 Å². The second-order valence-electron chi connectivity index (χ2n) is 7.65. The number of anilines is 3. The Bertz CT molecular complexity index is 1110. The van der Waals surface area contributed by atoms with Gasteiger partial charge in [-0.3, -0.25) is 9.78 Å². The van der Waals surface area contributed by atoms with Crippen molar-refractivity contribution in [2.45, 2.75) is 20.3 Å². The molecule has 3 aromatic rings. The summed E-state index contributed by atoms with van der Waals surface area (Å²) in [4.78, 5) is 19.0. The highest BCUT2D eigenvalue weighted by molar-refractivity contribution is 6.32. The maximum absolute atomic E-state index is 12.4. The Balaban J connectivity index is 1.46. The summed E-state index contributed by atoms with van der Waals surface area (Å²) < 4.78 is 0. The van der Waals surface area contributed by atoms with Crippen LogP contribution in [0.25, 0.3) is 5.57 Å². The SMILES string of the molecule is Cc1cc(NC=C2C(=O)Nc3cccc(C)c32)ccc1N(C)CCc1ccccn1. The van der Waals surface area contributed by atoms with Crippen LogP contribution in [0.1, 0.15) is 22.4 Å². The van der Waals surface area contributed by atoms with Gasteiger partial charge in [0.25, 0.3) is 5.91 Å². The van der Waals surface area contributed by atoms with Crippen molar-refractivity contribution in [2.75, 3.05) is 29.1 Å². The number of fused-ring (bicyclic) bond motifs is 1. The molecule has 0 fully saturated rings. The number of carbonyl (C=O) groups is 1. The van der Waals surface area contributed by atoms with Crippen LogP contribution in [0.3, 0.4) is 0 Å². The van der Waals surface area contributed by atoms with Crippen LogP contribution in [0.4, 0.5) is 17.1 Å². The van der Waals surface area contributed by atoms with Crippen molar-refractivity contribution in [3.8, 4) is 0 Å². The van der Waals surface area contributed by atoms with Gasteiger partial charge < -0.3 is 15.5 Å². The molecule has 5 heteroatoms. The molecule has 30 heavy (non-hydrogen) atoms. The first-order chi connectivity index (χ1) is 14.5. The number of hydrogen-bond donors (Lipinski definition) is 2. The van der Waals surface area contributed by atoms with E-state index in [2.05, 4.69) is 52.7 Å². The summed E-state index contributed by atoms with van der Waals surface area (Å²) in [5, 5.41) is 6.23. The molecule has 2 heterocycles. The largest absolute Gasteiger partial charge is 0.374 e. The number of hydrogen-bond acceptors (Lipinski definition) is 4. The van der Waals surface area contributed by atoms with Gasteiger partial charge in [-0.05, 0) is 61.4 Å². The molecule has 152 valence electrons. The standard InChI is InChI=1S/C25H26N4O/c1-17-7-6-9-22-24(17)21(25(30)28-22)16-27-20-10-11-23(18(2)15-20)29(3)14-12-19-8-4-5-13-26-19/h4-11,13,15-16,27H,12,14H2,1-3H3,(H,28,30). The van der Waals surface area contributed by atoms with Crippen LogP contribution in [0.2, 0.25) is 0 Å². The predicted octanol–water partition coefficient (Wildman–Crippen LogP) is 4.78. The Morgan fingerprint density at radius 2 is 1.93 bits per heavy atom. The summed E-state index contributed by atoms with van der Waals surface area (Å²) >= 11 is 0. The number of benzene rings is 2. The lowest BCUT2D eigenvalue weighted by molar-refractivity contribution is -0.110. The van der Waals surface area contributed by atoms with E-state index < -0.39 is 0 Å². The van der Waals surface area contributed by atoms with E-state index in [1.807, 2.05) is 49.5 Å². The summed E-state index contributed by atoms with van der Waals surface area (Å²) in [6.07, 6.45) is 4.53. The molecule has 4 rings (SSSR count). The minimum Gasteiger partial charge on any atom is -0.374 e. The second kappa shape index (κ2) is 8.41. The molecule has 5 nitrogen and oxygen atoms in total. The van der Waals surface area contributed by atoms with E-state index in [0.717, 1.165) is 41.2 Å². The third kappa shape index (κ3) is 4.06. The van der Waals surface area contributed by atoms with E-state index in [4.69, 9.17) is 0 Å². The van der Waals surface area contributed by atoms with E-state index in [-0.39, 0.29) is 5.91 Å². The monoisotopic (exact) mass is 398 g/mol. The molecular weight excluding hydrogens is 372 g/mol. The molecule has 0 radical (unpaired) electrons. The zero-order valence-corrected chi connectivity index (χ0v) is 17.6. The summed E-state index contributed by atoms with van der Waals surface area (Å²) in [5.41, 5.74) is 8.00. The number of rotatable bonds is 6. The van der Waals surface area contributed by atoms with Crippen LogP contribution in [-0.4, -0.2) is 24.5 Å². The number of aryl methyl sites for hydroxylation is 2. The number of pyridine rings is 1. The molecule has 0 saturated heterocycles. The van der Waals surface area contributed by atoms with Crippen LogP contribution < -0.4 is 15.5 Å². The minimum absolute atomic E-state index is 0.0746. The third-order valence-corrected chi connectivity index (χ3v) is 5.46. The van der Waals surface area contributed by atoms with Gasteiger partial charge in [0.1, 0.15) is 0 Å². The van der Waals surface area contributed by atoms with Crippen molar-refractivity contribution in [1.82, 2.24) is 4.98 Å². The number of likely N-dealkylation sites (N-methyl/N-ethyl adjacent to an activating group) is 1. The molecule has 1 aliphatic heterocycles. The molecule has 2 aromatic carbocycles. The number of nitrogens with zero attached hydrogens (tertiary/aromatic N) is 2. The van der Waals surface area contributed by atoms with Gasteiger partial charge in [-0.25, -0.2) is 0 Å². The molecule has 1 aliphatic rings. The maximum atomic E-state index is 12.4. The fourth-order valence-corrected chi connectivity index (χ4v) is 3.85. The van der Waals surface area contributed by atoms with Crippen molar-refractivity contribution in [2.24, 2.45) is 0 Å². The van der Waals surface area contributed by atoms with Crippen molar-refractivity contribution >= 4 is 28.5 Å². The molecule has 0 unspecified atom stereocenters. The summed E-state index contributed by atoms with van der Waals surface area (Å²) in [7, 11) is 2.10. The highest BCUT2D eigenvalue weighted by atomic mass is 16.2. The highest BCUT2D eigenvalue weighted by Gasteiger charge is 2.25.